The average molecular weight is 196 g/mol. The van der Waals surface area contributed by atoms with Crippen molar-refractivity contribution >= 4 is 5.91 Å². The lowest BCUT2D eigenvalue weighted by molar-refractivity contribution is -0.126. The topological polar surface area (TPSA) is 55.1 Å². The van der Waals surface area contributed by atoms with Gasteiger partial charge in [-0.2, -0.15) is 0 Å². The summed E-state index contributed by atoms with van der Waals surface area (Å²) in [4.78, 5) is 11.7. The van der Waals surface area contributed by atoms with E-state index in [1.54, 1.807) is 0 Å². The van der Waals surface area contributed by atoms with Crippen LogP contribution in [0.3, 0.4) is 0 Å². The molecule has 0 spiro atoms. The number of amides is 1. The molecular weight excluding hydrogens is 176 g/mol. The zero-order chi connectivity index (χ0) is 10.3. The number of hydrogen-bond acceptors (Lipinski definition) is 2. The zero-order valence-electron chi connectivity index (χ0n) is 9.05. The van der Waals surface area contributed by atoms with Gasteiger partial charge in [-0.05, 0) is 43.9 Å². The Morgan fingerprint density at radius 1 is 1.57 bits per heavy atom. The molecule has 0 saturated heterocycles. The van der Waals surface area contributed by atoms with Gasteiger partial charge in [0.05, 0.1) is 5.54 Å². The highest BCUT2D eigenvalue weighted by Gasteiger charge is 2.44. The highest BCUT2D eigenvalue weighted by molar-refractivity contribution is 5.86. The van der Waals surface area contributed by atoms with Gasteiger partial charge in [0, 0.05) is 6.54 Å². The molecule has 80 valence electrons. The SMILES string of the molecule is CC1CC1CNC(=O)C(C)(N)C1CC1. The fourth-order valence-corrected chi connectivity index (χ4v) is 1.97. The third-order valence-corrected chi connectivity index (χ3v) is 3.72. The molecule has 3 nitrogen and oxygen atoms in total. The first kappa shape index (κ1) is 9.97. The minimum atomic E-state index is -0.627. The molecule has 0 heterocycles. The van der Waals surface area contributed by atoms with Gasteiger partial charge in [-0.15, -0.1) is 0 Å². The van der Waals surface area contributed by atoms with E-state index in [2.05, 4.69) is 12.2 Å². The molecule has 3 atom stereocenters. The molecule has 0 radical (unpaired) electrons. The van der Waals surface area contributed by atoms with E-state index in [0.29, 0.717) is 11.8 Å². The molecule has 1 amide bonds. The van der Waals surface area contributed by atoms with Crippen molar-refractivity contribution in [1.82, 2.24) is 5.32 Å². The average Bonchev–Trinajstić information content (AvgIpc) is 2.95. The minimum absolute atomic E-state index is 0.0408. The highest BCUT2D eigenvalue weighted by Crippen LogP contribution is 2.39. The van der Waals surface area contributed by atoms with Gasteiger partial charge in [0.25, 0.3) is 0 Å². The highest BCUT2D eigenvalue weighted by atomic mass is 16.2. The Labute approximate surface area is 85.4 Å². The van der Waals surface area contributed by atoms with Crippen LogP contribution in [0.15, 0.2) is 0 Å². The molecule has 0 aromatic carbocycles. The van der Waals surface area contributed by atoms with Crippen LogP contribution in [0.4, 0.5) is 0 Å². The van der Waals surface area contributed by atoms with E-state index in [1.165, 1.54) is 6.42 Å². The summed E-state index contributed by atoms with van der Waals surface area (Å²) >= 11 is 0. The van der Waals surface area contributed by atoms with Gasteiger partial charge < -0.3 is 11.1 Å². The molecular formula is C11H20N2O. The number of hydrogen-bond donors (Lipinski definition) is 2. The predicted molar refractivity (Wildman–Crippen MR) is 55.6 cm³/mol. The van der Waals surface area contributed by atoms with Gasteiger partial charge in [0.2, 0.25) is 5.91 Å². The fraction of sp³-hybridized carbons (Fsp3) is 0.909. The van der Waals surface area contributed by atoms with E-state index in [4.69, 9.17) is 5.73 Å². The van der Waals surface area contributed by atoms with Crippen LogP contribution in [-0.4, -0.2) is 18.0 Å². The number of rotatable bonds is 4. The first-order valence-corrected chi connectivity index (χ1v) is 5.59. The summed E-state index contributed by atoms with van der Waals surface area (Å²) < 4.78 is 0. The first-order chi connectivity index (χ1) is 6.51. The molecule has 0 bridgehead atoms. The standard InChI is InChI=1S/C11H20N2O/c1-7-5-8(7)6-13-10(14)11(2,12)9-3-4-9/h7-9H,3-6,12H2,1-2H3,(H,13,14). The zero-order valence-corrected chi connectivity index (χ0v) is 9.05. The van der Waals surface area contributed by atoms with Gasteiger partial charge in [-0.25, -0.2) is 0 Å². The molecule has 2 fully saturated rings. The van der Waals surface area contributed by atoms with Crippen molar-refractivity contribution in [3.8, 4) is 0 Å². The van der Waals surface area contributed by atoms with Crippen molar-refractivity contribution in [3.63, 3.8) is 0 Å². The van der Waals surface area contributed by atoms with Crippen LogP contribution >= 0.6 is 0 Å². The van der Waals surface area contributed by atoms with Crippen LogP contribution in [-0.2, 0) is 4.79 Å². The van der Waals surface area contributed by atoms with E-state index in [9.17, 15) is 4.79 Å². The van der Waals surface area contributed by atoms with Crippen LogP contribution in [0.25, 0.3) is 0 Å². The quantitative estimate of drug-likeness (QED) is 0.701. The monoisotopic (exact) mass is 196 g/mol. The predicted octanol–water partition coefficient (Wildman–Crippen LogP) is 0.886. The fourth-order valence-electron chi connectivity index (χ4n) is 1.97. The summed E-state index contributed by atoms with van der Waals surface area (Å²) in [5, 5.41) is 2.97. The lowest BCUT2D eigenvalue weighted by Gasteiger charge is -2.23. The molecule has 14 heavy (non-hydrogen) atoms. The molecule has 0 aromatic rings. The van der Waals surface area contributed by atoms with Gasteiger partial charge in [-0.3, -0.25) is 4.79 Å². The van der Waals surface area contributed by atoms with Gasteiger partial charge in [0.1, 0.15) is 0 Å². The Balaban J connectivity index is 1.76. The third-order valence-electron chi connectivity index (χ3n) is 3.72. The molecule has 0 aliphatic heterocycles. The largest absolute Gasteiger partial charge is 0.354 e. The molecule has 2 aliphatic rings. The van der Waals surface area contributed by atoms with E-state index < -0.39 is 5.54 Å². The Hall–Kier alpha value is -0.570. The summed E-state index contributed by atoms with van der Waals surface area (Å²) in [5.74, 6) is 1.95. The summed E-state index contributed by atoms with van der Waals surface area (Å²) in [6.45, 7) is 4.90. The van der Waals surface area contributed by atoms with Crippen LogP contribution in [0.1, 0.15) is 33.1 Å². The lowest BCUT2D eigenvalue weighted by Crippen LogP contribution is -2.53. The van der Waals surface area contributed by atoms with Gasteiger partial charge in [0.15, 0.2) is 0 Å². The Kier molecular flexibility index (Phi) is 2.30. The molecule has 2 aliphatic carbocycles. The summed E-state index contributed by atoms with van der Waals surface area (Å²) in [6.07, 6.45) is 3.48. The molecule has 3 unspecified atom stereocenters. The van der Waals surface area contributed by atoms with E-state index >= 15 is 0 Å². The van der Waals surface area contributed by atoms with Crippen molar-refractivity contribution in [2.24, 2.45) is 23.5 Å². The Bertz CT molecular complexity index is 246. The summed E-state index contributed by atoms with van der Waals surface area (Å²) in [5.41, 5.74) is 5.37. The van der Waals surface area contributed by atoms with Crippen molar-refractivity contribution in [1.29, 1.82) is 0 Å². The van der Waals surface area contributed by atoms with Crippen molar-refractivity contribution < 1.29 is 4.79 Å². The molecule has 3 heteroatoms. The molecule has 0 aromatic heterocycles. The second kappa shape index (κ2) is 3.23. The van der Waals surface area contributed by atoms with Crippen LogP contribution < -0.4 is 11.1 Å². The maximum atomic E-state index is 11.7. The van der Waals surface area contributed by atoms with Gasteiger partial charge in [-0.1, -0.05) is 6.92 Å². The number of carbonyl (C=O) groups is 1. The van der Waals surface area contributed by atoms with Crippen LogP contribution in [0.2, 0.25) is 0 Å². The second-order valence-corrected chi connectivity index (χ2v) is 5.24. The minimum Gasteiger partial charge on any atom is -0.354 e. The lowest BCUT2D eigenvalue weighted by atomic mass is 9.96. The number of nitrogens with one attached hydrogen (secondary N) is 1. The van der Waals surface area contributed by atoms with E-state index in [-0.39, 0.29) is 5.91 Å². The smallest absolute Gasteiger partial charge is 0.240 e. The van der Waals surface area contributed by atoms with E-state index in [0.717, 1.165) is 25.3 Å². The van der Waals surface area contributed by atoms with E-state index in [1.807, 2.05) is 6.92 Å². The third kappa shape index (κ3) is 1.92. The Morgan fingerprint density at radius 3 is 2.57 bits per heavy atom. The van der Waals surface area contributed by atoms with Gasteiger partial charge >= 0.3 is 0 Å². The van der Waals surface area contributed by atoms with Crippen molar-refractivity contribution in [2.75, 3.05) is 6.54 Å². The molecule has 2 rings (SSSR count). The van der Waals surface area contributed by atoms with Crippen molar-refractivity contribution in [2.45, 2.75) is 38.6 Å². The molecule has 3 N–H and O–H groups in total. The normalized spacial score (nSPS) is 34.8. The summed E-state index contributed by atoms with van der Waals surface area (Å²) in [6, 6.07) is 0. The second-order valence-electron chi connectivity index (χ2n) is 5.24. The van der Waals surface area contributed by atoms with Crippen LogP contribution in [0, 0.1) is 17.8 Å². The number of nitrogens with two attached hydrogens (primary N) is 1. The number of carbonyl (C=O) groups excluding carboxylic acids is 1. The maximum Gasteiger partial charge on any atom is 0.240 e. The molecule has 2 saturated carbocycles. The van der Waals surface area contributed by atoms with Crippen LogP contribution in [0.5, 0.6) is 0 Å². The maximum absolute atomic E-state index is 11.7. The summed E-state index contributed by atoms with van der Waals surface area (Å²) in [7, 11) is 0. The first-order valence-electron chi connectivity index (χ1n) is 5.59. The van der Waals surface area contributed by atoms with Crippen molar-refractivity contribution in [3.05, 3.63) is 0 Å². The Morgan fingerprint density at radius 2 is 2.14 bits per heavy atom.